The fraction of sp³-hybridized carbons (Fsp3) is 0.750. The first-order valence-electron chi connectivity index (χ1n) is 4.22. The van der Waals surface area contributed by atoms with E-state index in [4.69, 9.17) is 30.0 Å². The van der Waals surface area contributed by atoms with E-state index in [1.165, 1.54) is 25.7 Å². The molecule has 0 aromatic heterocycles. The van der Waals surface area contributed by atoms with Crippen molar-refractivity contribution in [3.05, 3.63) is 0 Å². The van der Waals surface area contributed by atoms with E-state index in [0.29, 0.717) is 0 Å². The van der Waals surface area contributed by atoms with Gasteiger partial charge in [-0.05, 0) is 0 Å². The maximum atomic E-state index is 8.56. The summed E-state index contributed by atoms with van der Waals surface area (Å²) < 4.78 is 0. The molecule has 0 amide bonds. The zero-order valence-electron chi connectivity index (χ0n) is 8.43. The van der Waals surface area contributed by atoms with Gasteiger partial charge in [0, 0.05) is 0 Å². The predicted octanol–water partition coefficient (Wildman–Crippen LogP) is 3.03. The van der Waals surface area contributed by atoms with E-state index in [1.807, 2.05) is 0 Å². The summed E-state index contributed by atoms with van der Waals surface area (Å²) in [7, 11) is 0. The minimum absolute atomic E-state index is 1.36. The van der Waals surface area contributed by atoms with Gasteiger partial charge in [-0.15, -0.1) is 0 Å². The second-order valence-corrected chi connectivity index (χ2v) is 2.27. The van der Waals surface area contributed by atoms with Gasteiger partial charge in [0.05, 0.1) is 0 Å². The van der Waals surface area contributed by atoms with Gasteiger partial charge in [0.25, 0.3) is 0 Å². The number of hydrogen-bond donors (Lipinski definition) is 4. The topological polar surface area (TPSA) is 115 Å². The number of carbonyl (C=O) groups is 2. The maximum Gasteiger partial charge on any atom is 0.503 e. The van der Waals surface area contributed by atoms with Crippen molar-refractivity contribution in [3.8, 4) is 0 Å². The lowest BCUT2D eigenvalue weighted by Crippen LogP contribution is -1.81. The van der Waals surface area contributed by atoms with Crippen LogP contribution in [-0.4, -0.2) is 32.7 Å². The Balaban J connectivity index is -0.000000135. The Kier molecular flexibility index (Phi) is 23.0. The van der Waals surface area contributed by atoms with Crippen LogP contribution < -0.4 is 0 Å². The first-order chi connectivity index (χ1) is 6.38. The average Bonchev–Trinajstić information content (AvgIpc) is 1.98. The average molecular weight is 210 g/mol. The van der Waals surface area contributed by atoms with Crippen LogP contribution in [0.3, 0.4) is 0 Å². The van der Waals surface area contributed by atoms with E-state index in [2.05, 4.69) is 13.8 Å². The molecule has 0 aromatic rings. The highest BCUT2D eigenvalue weighted by molar-refractivity contribution is 5.53. The van der Waals surface area contributed by atoms with Gasteiger partial charge >= 0.3 is 12.3 Å². The van der Waals surface area contributed by atoms with Crippen molar-refractivity contribution >= 4 is 12.3 Å². The summed E-state index contributed by atoms with van der Waals surface area (Å²) in [5.74, 6) is 0. The van der Waals surface area contributed by atoms with Gasteiger partial charge < -0.3 is 20.4 Å². The van der Waals surface area contributed by atoms with Crippen molar-refractivity contribution in [1.29, 1.82) is 0 Å². The van der Waals surface area contributed by atoms with Gasteiger partial charge in [-0.2, -0.15) is 0 Å². The smallest absolute Gasteiger partial charge is 0.450 e. The zero-order valence-corrected chi connectivity index (χ0v) is 8.43. The molecule has 0 radical (unpaired) electrons. The minimum Gasteiger partial charge on any atom is -0.450 e. The van der Waals surface area contributed by atoms with Crippen LogP contribution in [0.15, 0.2) is 0 Å². The lowest BCUT2D eigenvalue weighted by atomic mass is 10.2. The molecule has 0 saturated carbocycles. The van der Waals surface area contributed by atoms with Crippen molar-refractivity contribution in [2.24, 2.45) is 0 Å². The fourth-order valence-electron chi connectivity index (χ4n) is 0.500. The Morgan fingerprint density at radius 3 is 1.00 bits per heavy atom. The van der Waals surface area contributed by atoms with Crippen LogP contribution >= 0.6 is 0 Å². The molecule has 0 rings (SSSR count). The Hall–Kier alpha value is -1.46. The highest BCUT2D eigenvalue weighted by Gasteiger charge is 1.75. The molecule has 0 saturated heterocycles. The first kappa shape index (κ1) is 18.3. The lowest BCUT2D eigenvalue weighted by Gasteiger charge is -1.86. The van der Waals surface area contributed by atoms with Crippen molar-refractivity contribution in [2.75, 3.05) is 0 Å². The summed E-state index contributed by atoms with van der Waals surface area (Å²) in [6, 6.07) is 0. The summed E-state index contributed by atoms with van der Waals surface area (Å²) in [5.41, 5.74) is 0. The van der Waals surface area contributed by atoms with Crippen molar-refractivity contribution in [2.45, 2.75) is 39.5 Å². The molecule has 86 valence electrons. The highest BCUT2D eigenvalue weighted by Crippen LogP contribution is 1.95. The van der Waals surface area contributed by atoms with Gasteiger partial charge in [-0.25, -0.2) is 9.59 Å². The van der Waals surface area contributed by atoms with Crippen LogP contribution in [0.5, 0.6) is 0 Å². The molecule has 4 N–H and O–H groups in total. The monoisotopic (exact) mass is 210 g/mol. The molecular weight excluding hydrogens is 192 g/mol. The highest BCUT2D eigenvalue weighted by atomic mass is 16.6. The van der Waals surface area contributed by atoms with Crippen LogP contribution in [0.25, 0.3) is 0 Å². The molecule has 0 aromatic carbocycles. The van der Waals surface area contributed by atoms with E-state index in [9.17, 15) is 0 Å². The number of carboxylic acid groups (broad SMARTS) is 4. The molecule has 0 aliphatic heterocycles. The summed E-state index contributed by atoms with van der Waals surface area (Å²) in [6.45, 7) is 4.46. The molecule has 0 atom stereocenters. The Morgan fingerprint density at radius 2 is 0.929 bits per heavy atom. The summed E-state index contributed by atoms with van der Waals surface area (Å²) in [4.78, 5) is 17.1. The van der Waals surface area contributed by atoms with Gasteiger partial charge in [0.15, 0.2) is 0 Å². The molecule has 6 heteroatoms. The summed E-state index contributed by atoms with van der Waals surface area (Å²) in [5, 5.41) is 27.9. The standard InChI is InChI=1S/C6H14.2CH2O3/c1-3-5-6-4-2;2*2-1(3)4/h3-6H2,1-2H3;2*(H2,2,3,4). The molecule has 0 fully saturated rings. The van der Waals surface area contributed by atoms with Gasteiger partial charge in [-0.1, -0.05) is 39.5 Å². The van der Waals surface area contributed by atoms with Crippen LogP contribution in [0, 0.1) is 0 Å². The van der Waals surface area contributed by atoms with Gasteiger partial charge in [0.1, 0.15) is 0 Å². The molecule has 14 heavy (non-hydrogen) atoms. The third-order valence-electron chi connectivity index (χ3n) is 0.957. The van der Waals surface area contributed by atoms with E-state index < -0.39 is 12.3 Å². The summed E-state index contributed by atoms with van der Waals surface area (Å²) >= 11 is 0. The van der Waals surface area contributed by atoms with Crippen LogP contribution in [-0.2, 0) is 0 Å². The molecule has 0 bridgehead atoms. The Bertz CT molecular complexity index is 110. The van der Waals surface area contributed by atoms with Gasteiger partial charge in [0.2, 0.25) is 0 Å². The third kappa shape index (κ3) is 404. The van der Waals surface area contributed by atoms with Crippen LogP contribution in [0.2, 0.25) is 0 Å². The van der Waals surface area contributed by atoms with Crippen LogP contribution in [0.4, 0.5) is 9.59 Å². The molecule has 0 spiro atoms. The van der Waals surface area contributed by atoms with Crippen molar-refractivity contribution in [1.82, 2.24) is 0 Å². The normalized spacial score (nSPS) is 7.29. The molecule has 6 nitrogen and oxygen atoms in total. The van der Waals surface area contributed by atoms with Crippen molar-refractivity contribution in [3.63, 3.8) is 0 Å². The molecular formula is C8H18O6. The number of rotatable bonds is 3. The summed E-state index contributed by atoms with van der Waals surface area (Å²) in [6.07, 6.45) is 1.87. The zero-order chi connectivity index (χ0) is 12.0. The maximum absolute atomic E-state index is 8.56. The first-order valence-corrected chi connectivity index (χ1v) is 4.22. The molecule has 0 aliphatic carbocycles. The number of unbranched alkanes of at least 4 members (excludes halogenated alkanes) is 3. The van der Waals surface area contributed by atoms with E-state index in [1.54, 1.807) is 0 Å². The molecule has 0 heterocycles. The van der Waals surface area contributed by atoms with E-state index in [0.717, 1.165) is 0 Å². The Morgan fingerprint density at radius 1 is 0.786 bits per heavy atom. The van der Waals surface area contributed by atoms with Crippen LogP contribution in [0.1, 0.15) is 39.5 Å². The molecule has 0 unspecified atom stereocenters. The number of hydrogen-bond acceptors (Lipinski definition) is 2. The third-order valence-corrected chi connectivity index (χ3v) is 0.957. The van der Waals surface area contributed by atoms with E-state index in [-0.39, 0.29) is 0 Å². The molecule has 0 aliphatic rings. The van der Waals surface area contributed by atoms with Crippen molar-refractivity contribution < 1.29 is 30.0 Å². The Labute approximate surface area is 82.8 Å². The fourth-order valence-corrected chi connectivity index (χ4v) is 0.500. The van der Waals surface area contributed by atoms with Gasteiger partial charge in [-0.3, -0.25) is 0 Å². The quantitative estimate of drug-likeness (QED) is 0.532. The van der Waals surface area contributed by atoms with E-state index >= 15 is 0 Å². The lowest BCUT2D eigenvalue weighted by molar-refractivity contribution is 0.135. The predicted molar refractivity (Wildman–Crippen MR) is 51.1 cm³/mol. The second-order valence-electron chi connectivity index (χ2n) is 2.27. The largest absolute Gasteiger partial charge is 0.503 e. The SMILES string of the molecule is CCCCCC.O=C(O)O.O=C(O)O. The minimum atomic E-state index is -1.83. The second kappa shape index (κ2) is 17.6.